The summed E-state index contributed by atoms with van der Waals surface area (Å²) in [7, 11) is 0. The zero-order valence-electron chi connectivity index (χ0n) is 9.84. The van der Waals surface area contributed by atoms with Crippen molar-refractivity contribution in [3.8, 4) is 0 Å². The van der Waals surface area contributed by atoms with E-state index in [4.69, 9.17) is 0 Å². The van der Waals surface area contributed by atoms with Crippen LogP contribution in [0.25, 0.3) is 0 Å². The van der Waals surface area contributed by atoms with Crippen LogP contribution >= 0.6 is 27.3 Å². The molecule has 4 heteroatoms. The molecule has 1 atom stereocenters. The second kappa shape index (κ2) is 4.65. The first kappa shape index (κ1) is 12.2. The zero-order valence-corrected chi connectivity index (χ0v) is 12.2. The standard InChI is InChI=1S/C13H18BrNOS/c14-12-7-9-10(3-1-4-11(9)17-12)15-8-13(16)5-2-6-13/h7,10,15-16H,1-6,8H2. The highest BCUT2D eigenvalue weighted by atomic mass is 79.9. The smallest absolute Gasteiger partial charge is 0.0771 e. The van der Waals surface area contributed by atoms with Gasteiger partial charge in [-0.3, -0.25) is 0 Å². The van der Waals surface area contributed by atoms with E-state index in [0.717, 1.165) is 19.4 Å². The summed E-state index contributed by atoms with van der Waals surface area (Å²) in [4.78, 5) is 1.52. The van der Waals surface area contributed by atoms with Crippen molar-refractivity contribution in [2.45, 2.75) is 50.2 Å². The Bertz CT molecular complexity index is 414. The molecule has 2 N–H and O–H groups in total. The molecule has 94 valence electrons. The highest BCUT2D eigenvalue weighted by Gasteiger charge is 2.35. The summed E-state index contributed by atoms with van der Waals surface area (Å²) in [5.74, 6) is 0. The summed E-state index contributed by atoms with van der Waals surface area (Å²) in [5.41, 5.74) is 1.04. The van der Waals surface area contributed by atoms with E-state index in [2.05, 4.69) is 27.3 Å². The van der Waals surface area contributed by atoms with Crippen LogP contribution in [0.15, 0.2) is 9.85 Å². The minimum atomic E-state index is -0.412. The van der Waals surface area contributed by atoms with Gasteiger partial charge >= 0.3 is 0 Å². The molecule has 0 radical (unpaired) electrons. The predicted molar refractivity (Wildman–Crippen MR) is 74.5 cm³/mol. The van der Waals surface area contributed by atoms with E-state index in [9.17, 15) is 5.11 Å². The van der Waals surface area contributed by atoms with Gasteiger partial charge < -0.3 is 10.4 Å². The lowest BCUT2D eigenvalue weighted by Crippen LogP contribution is -2.47. The Kier molecular flexibility index (Phi) is 3.32. The molecule has 2 aliphatic carbocycles. The van der Waals surface area contributed by atoms with E-state index >= 15 is 0 Å². The fourth-order valence-electron chi connectivity index (χ4n) is 2.81. The van der Waals surface area contributed by atoms with Gasteiger partial charge in [-0.15, -0.1) is 11.3 Å². The zero-order chi connectivity index (χ0) is 11.9. The van der Waals surface area contributed by atoms with Gasteiger partial charge in [-0.05, 0) is 66.1 Å². The molecule has 1 fully saturated rings. The summed E-state index contributed by atoms with van der Waals surface area (Å²) < 4.78 is 1.23. The van der Waals surface area contributed by atoms with Gasteiger partial charge in [0.15, 0.2) is 0 Å². The Morgan fingerprint density at radius 3 is 3.00 bits per heavy atom. The van der Waals surface area contributed by atoms with Gasteiger partial charge in [-0.2, -0.15) is 0 Å². The van der Waals surface area contributed by atoms with E-state index in [1.165, 1.54) is 39.9 Å². The summed E-state index contributed by atoms with van der Waals surface area (Å²) in [6.07, 6.45) is 6.79. The number of rotatable bonds is 3. The summed E-state index contributed by atoms with van der Waals surface area (Å²) >= 11 is 5.44. The van der Waals surface area contributed by atoms with Crippen molar-refractivity contribution in [1.82, 2.24) is 5.32 Å². The van der Waals surface area contributed by atoms with Gasteiger partial charge in [0.05, 0.1) is 9.39 Å². The Labute approximate surface area is 115 Å². The van der Waals surface area contributed by atoms with Crippen LogP contribution in [0.3, 0.4) is 0 Å². The largest absolute Gasteiger partial charge is 0.389 e. The van der Waals surface area contributed by atoms with Gasteiger partial charge in [0.1, 0.15) is 0 Å². The minimum absolute atomic E-state index is 0.412. The van der Waals surface area contributed by atoms with E-state index < -0.39 is 5.60 Å². The third-order valence-corrected chi connectivity index (χ3v) is 5.76. The molecule has 0 spiro atoms. The number of hydrogen-bond donors (Lipinski definition) is 2. The third-order valence-electron chi connectivity index (χ3n) is 4.05. The summed E-state index contributed by atoms with van der Waals surface area (Å²) in [5, 5.41) is 13.7. The van der Waals surface area contributed by atoms with E-state index in [-0.39, 0.29) is 0 Å². The van der Waals surface area contributed by atoms with Crippen molar-refractivity contribution in [3.05, 3.63) is 20.3 Å². The number of hydrogen-bond acceptors (Lipinski definition) is 3. The fraction of sp³-hybridized carbons (Fsp3) is 0.692. The molecular weight excluding hydrogens is 298 g/mol. The molecule has 2 nitrogen and oxygen atoms in total. The Morgan fingerprint density at radius 1 is 1.47 bits per heavy atom. The molecule has 3 rings (SSSR count). The van der Waals surface area contributed by atoms with Gasteiger partial charge in [-0.1, -0.05) is 0 Å². The summed E-state index contributed by atoms with van der Waals surface area (Å²) in [6.45, 7) is 0.755. The second-order valence-electron chi connectivity index (χ2n) is 5.33. The second-order valence-corrected chi connectivity index (χ2v) is 7.85. The quantitative estimate of drug-likeness (QED) is 0.896. The molecule has 1 aromatic heterocycles. The minimum Gasteiger partial charge on any atom is -0.389 e. The van der Waals surface area contributed by atoms with E-state index in [1.54, 1.807) is 0 Å². The van der Waals surface area contributed by atoms with Gasteiger partial charge in [-0.25, -0.2) is 0 Å². The Balaban J connectivity index is 1.68. The Hall–Kier alpha value is 0.100. The SMILES string of the molecule is OC1(CNC2CCCc3sc(Br)cc32)CCC1. The van der Waals surface area contributed by atoms with Crippen LogP contribution in [-0.2, 0) is 6.42 Å². The molecule has 0 saturated heterocycles. The lowest BCUT2D eigenvalue weighted by Gasteiger charge is -2.38. The van der Waals surface area contributed by atoms with Crippen LogP contribution in [0.2, 0.25) is 0 Å². The highest BCUT2D eigenvalue weighted by molar-refractivity contribution is 9.11. The monoisotopic (exact) mass is 315 g/mol. The summed E-state index contributed by atoms with van der Waals surface area (Å²) in [6, 6.07) is 2.70. The first-order valence-corrected chi connectivity index (χ1v) is 8.01. The van der Waals surface area contributed by atoms with Crippen LogP contribution in [0.1, 0.15) is 48.6 Å². The van der Waals surface area contributed by atoms with Crippen LogP contribution in [0, 0.1) is 0 Å². The lowest BCUT2D eigenvalue weighted by molar-refractivity contribution is -0.0336. The molecule has 0 aromatic carbocycles. The molecule has 1 saturated carbocycles. The average Bonchev–Trinajstić information content (AvgIpc) is 2.64. The molecule has 2 aliphatic rings. The van der Waals surface area contributed by atoms with Crippen molar-refractivity contribution in [1.29, 1.82) is 0 Å². The first-order chi connectivity index (χ1) is 8.16. The maximum absolute atomic E-state index is 10.1. The lowest BCUT2D eigenvalue weighted by atomic mass is 9.80. The molecule has 17 heavy (non-hydrogen) atoms. The van der Waals surface area contributed by atoms with Gasteiger partial charge in [0.25, 0.3) is 0 Å². The molecular formula is C13H18BrNOS. The number of halogens is 1. The molecule has 1 unspecified atom stereocenters. The van der Waals surface area contributed by atoms with Crippen molar-refractivity contribution < 1.29 is 5.11 Å². The van der Waals surface area contributed by atoms with Crippen molar-refractivity contribution in [2.24, 2.45) is 0 Å². The van der Waals surface area contributed by atoms with E-state index in [0.29, 0.717) is 6.04 Å². The molecule has 0 aliphatic heterocycles. The van der Waals surface area contributed by atoms with Crippen molar-refractivity contribution in [3.63, 3.8) is 0 Å². The first-order valence-electron chi connectivity index (χ1n) is 6.40. The van der Waals surface area contributed by atoms with Crippen molar-refractivity contribution in [2.75, 3.05) is 6.54 Å². The number of thiophene rings is 1. The molecule has 0 bridgehead atoms. The van der Waals surface area contributed by atoms with Crippen LogP contribution in [-0.4, -0.2) is 17.3 Å². The Morgan fingerprint density at radius 2 is 2.29 bits per heavy atom. The number of aliphatic hydroxyl groups is 1. The maximum atomic E-state index is 10.1. The highest BCUT2D eigenvalue weighted by Crippen LogP contribution is 2.39. The van der Waals surface area contributed by atoms with Crippen LogP contribution < -0.4 is 5.32 Å². The average molecular weight is 316 g/mol. The van der Waals surface area contributed by atoms with E-state index in [1.807, 2.05) is 11.3 Å². The third kappa shape index (κ3) is 2.46. The fourth-order valence-corrected chi connectivity index (χ4v) is 4.63. The molecule has 1 aromatic rings. The van der Waals surface area contributed by atoms with Crippen molar-refractivity contribution >= 4 is 27.3 Å². The number of nitrogens with one attached hydrogen (secondary N) is 1. The van der Waals surface area contributed by atoms with Gasteiger partial charge in [0, 0.05) is 17.5 Å². The number of aryl methyl sites for hydroxylation is 1. The predicted octanol–water partition coefficient (Wildman–Crippen LogP) is 3.39. The normalized spacial score (nSPS) is 26.4. The number of fused-ring (bicyclic) bond motifs is 1. The van der Waals surface area contributed by atoms with Crippen LogP contribution in [0.4, 0.5) is 0 Å². The van der Waals surface area contributed by atoms with Gasteiger partial charge in [0.2, 0.25) is 0 Å². The molecule has 1 heterocycles. The van der Waals surface area contributed by atoms with Crippen LogP contribution in [0.5, 0.6) is 0 Å². The topological polar surface area (TPSA) is 32.3 Å². The maximum Gasteiger partial charge on any atom is 0.0771 e. The molecule has 0 amide bonds.